The van der Waals surface area contributed by atoms with Crippen molar-refractivity contribution in [3.8, 4) is 18.1 Å². The molecule has 1 aromatic rings. The summed E-state index contributed by atoms with van der Waals surface area (Å²) >= 11 is 0. The van der Waals surface area contributed by atoms with Crippen LogP contribution in [0.1, 0.15) is 12.8 Å². The maximum absolute atomic E-state index is 12.3. The molecule has 1 aliphatic rings. The first-order chi connectivity index (χ1) is 8.74. The minimum atomic E-state index is -0.652. The van der Waals surface area contributed by atoms with Crippen LogP contribution in [0.5, 0.6) is 5.75 Å². The molecule has 1 aromatic carbocycles. The number of amides is 1. The van der Waals surface area contributed by atoms with Gasteiger partial charge in [0.05, 0.1) is 18.3 Å². The normalized spacial score (nSPS) is 15.9. The number of fused-ring (bicyclic) bond motifs is 1. The highest BCUT2D eigenvalue weighted by atomic mass is 16.5. The van der Waals surface area contributed by atoms with Crippen molar-refractivity contribution in [1.82, 2.24) is 0 Å². The Balaban J connectivity index is 2.28. The number of carbonyl (C=O) groups is 1. The lowest BCUT2D eigenvalue weighted by Crippen LogP contribution is -2.44. The lowest BCUT2D eigenvalue weighted by Gasteiger charge is -2.24. The van der Waals surface area contributed by atoms with Crippen molar-refractivity contribution in [3.63, 3.8) is 0 Å². The lowest BCUT2D eigenvalue weighted by molar-refractivity contribution is -0.119. The van der Waals surface area contributed by atoms with Gasteiger partial charge in [0.1, 0.15) is 5.75 Å². The minimum Gasteiger partial charge on any atom is -0.491 e. The third kappa shape index (κ3) is 2.47. The zero-order valence-corrected chi connectivity index (χ0v) is 10.1. The molecule has 0 bridgehead atoms. The zero-order chi connectivity index (χ0) is 13.0. The Morgan fingerprint density at radius 2 is 2.33 bits per heavy atom. The lowest BCUT2D eigenvalue weighted by atomic mass is 10.1. The second-order valence-electron chi connectivity index (χ2n) is 4.17. The molecule has 1 aliphatic heterocycles. The summed E-state index contributed by atoms with van der Waals surface area (Å²) < 4.78 is 5.59. The number of nitrogens with zero attached hydrogens (tertiary/aromatic N) is 1. The standard InChI is InChI=1S/C14H16N2O2/c1-2-6-11(15)14(17)16-9-5-10-18-13-8-4-3-7-12(13)16/h1,3-4,7-8,11H,5-6,9-10,15H2. The molecule has 1 amide bonds. The van der Waals surface area contributed by atoms with Gasteiger partial charge >= 0.3 is 0 Å². The summed E-state index contributed by atoms with van der Waals surface area (Å²) in [5.74, 6) is 2.99. The van der Waals surface area contributed by atoms with Crippen molar-refractivity contribution in [2.75, 3.05) is 18.1 Å². The van der Waals surface area contributed by atoms with E-state index in [0.29, 0.717) is 13.2 Å². The highest BCUT2D eigenvalue weighted by Gasteiger charge is 2.25. The van der Waals surface area contributed by atoms with E-state index < -0.39 is 6.04 Å². The third-order valence-electron chi connectivity index (χ3n) is 2.86. The van der Waals surface area contributed by atoms with Crippen LogP contribution < -0.4 is 15.4 Å². The van der Waals surface area contributed by atoms with Gasteiger partial charge < -0.3 is 15.4 Å². The number of carbonyl (C=O) groups excluding carboxylic acids is 1. The van der Waals surface area contributed by atoms with E-state index >= 15 is 0 Å². The Morgan fingerprint density at radius 1 is 1.56 bits per heavy atom. The van der Waals surface area contributed by atoms with Crippen LogP contribution in [-0.2, 0) is 4.79 Å². The predicted molar refractivity (Wildman–Crippen MR) is 70.3 cm³/mol. The van der Waals surface area contributed by atoms with Gasteiger partial charge in [-0.1, -0.05) is 12.1 Å². The number of hydrogen-bond acceptors (Lipinski definition) is 3. The Bertz CT molecular complexity index is 479. The van der Waals surface area contributed by atoms with E-state index in [-0.39, 0.29) is 12.3 Å². The van der Waals surface area contributed by atoms with Crippen molar-refractivity contribution in [2.45, 2.75) is 18.9 Å². The number of ether oxygens (including phenoxy) is 1. The van der Waals surface area contributed by atoms with Gasteiger partial charge in [-0.3, -0.25) is 4.79 Å². The average molecular weight is 244 g/mol. The Labute approximate surface area is 107 Å². The van der Waals surface area contributed by atoms with Crippen molar-refractivity contribution in [2.24, 2.45) is 5.73 Å². The quantitative estimate of drug-likeness (QED) is 0.794. The molecule has 94 valence electrons. The first-order valence-electron chi connectivity index (χ1n) is 5.96. The molecule has 1 heterocycles. The molecule has 0 aromatic heterocycles. The van der Waals surface area contributed by atoms with Crippen LogP contribution in [-0.4, -0.2) is 25.1 Å². The molecule has 0 fully saturated rings. The smallest absolute Gasteiger partial charge is 0.244 e. The van der Waals surface area contributed by atoms with Gasteiger partial charge in [-0.15, -0.1) is 12.3 Å². The van der Waals surface area contributed by atoms with Crippen molar-refractivity contribution in [3.05, 3.63) is 24.3 Å². The Morgan fingerprint density at radius 3 is 3.11 bits per heavy atom. The number of nitrogens with two attached hydrogens (primary N) is 1. The van der Waals surface area contributed by atoms with Gasteiger partial charge in [-0.25, -0.2) is 0 Å². The molecular formula is C14H16N2O2. The summed E-state index contributed by atoms with van der Waals surface area (Å²) in [6, 6.07) is 6.82. The van der Waals surface area contributed by atoms with Crippen molar-refractivity contribution in [1.29, 1.82) is 0 Å². The molecule has 0 saturated carbocycles. The van der Waals surface area contributed by atoms with Crippen LogP contribution in [0.3, 0.4) is 0 Å². The Hall–Kier alpha value is -1.99. The fraction of sp³-hybridized carbons (Fsp3) is 0.357. The number of benzene rings is 1. The maximum atomic E-state index is 12.3. The van der Waals surface area contributed by atoms with Gasteiger partial charge in [-0.2, -0.15) is 0 Å². The highest BCUT2D eigenvalue weighted by Crippen LogP contribution is 2.30. The van der Waals surface area contributed by atoms with Crippen LogP contribution in [0.4, 0.5) is 5.69 Å². The summed E-state index contributed by atoms with van der Waals surface area (Å²) in [7, 11) is 0. The van der Waals surface area contributed by atoms with Crippen LogP contribution in [0.25, 0.3) is 0 Å². The molecule has 2 N–H and O–H groups in total. The third-order valence-corrected chi connectivity index (χ3v) is 2.86. The molecule has 4 nitrogen and oxygen atoms in total. The largest absolute Gasteiger partial charge is 0.491 e. The van der Waals surface area contributed by atoms with E-state index in [1.165, 1.54) is 0 Å². The van der Waals surface area contributed by atoms with Crippen molar-refractivity contribution >= 4 is 11.6 Å². The van der Waals surface area contributed by atoms with Gasteiger partial charge in [0.2, 0.25) is 5.91 Å². The minimum absolute atomic E-state index is 0.147. The number of rotatable bonds is 2. The van der Waals surface area contributed by atoms with Gasteiger partial charge in [0.25, 0.3) is 0 Å². The second kappa shape index (κ2) is 5.56. The summed E-state index contributed by atoms with van der Waals surface area (Å²) in [6.07, 6.45) is 6.23. The first kappa shape index (κ1) is 12.5. The molecule has 2 rings (SSSR count). The molecular weight excluding hydrogens is 228 g/mol. The molecule has 0 aliphatic carbocycles. The predicted octanol–water partition coefficient (Wildman–Crippen LogP) is 1.15. The number of terminal acetylenes is 1. The van der Waals surface area contributed by atoms with Crippen LogP contribution >= 0.6 is 0 Å². The average Bonchev–Trinajstić information content (AvgIpc) is 2.60. The molecule has 0 spiro atoms. The van der Waals surface area contributed by atoms with E-state index in [1.807, 2.05) is 24.3 Å². The van der Waals surface area contributed by atoms with Crippen LogP contribution in [0.15, 0.2) is 24.3 Å². The zero-order valence-electron chi connectivity index (χ0n) is 10.1. The summed E-state index contributed by atoms with van der Waals surface area (Å²) in [5.41, 5.74) is 6.56. The molecule has 4 heteroatoms. The number of hydrogen-bond donors (Lipinski definition) is 1. The maximum Gasteiger partial charge on any atom is 0.244 e. The first-order valence-corrected chi connectivity index (χ1v) is 5.96. The monoisotopic (exact) mass is 244 g/mol. The summed E-state index contributed by atoms with van der Waals surface area (Å²) in [4.78, 5) is 13.9. The molecule has 0 radical (unpaired) electrons. The van der Waals surface area contributed by atoms with Crippen molar-refractivity contribution < 1.29 is 9.53 Å². The molecule has 0 saturated heterocycles. The fourth-order valence-electron chi connectivity index (χ4n) is 1.97. The van der Waals surface area contributed by atoms with E-state index in [0.717, 1.165) is 17.9 Å². The summed E-state index contributed by atoms with van der Waals surface area (Å²) in [5, 5.41) is 0. The van der Waals surface area contributed by atoms with E-state index in [4.69, 9.17) is 16.9 Å². The highest BCUT2D eigenvalue weighted by molar-refractivity contribution is 5.98. The van der Waals surface area contributed by atoms with Gasteiger partial charge in [-0.05, 0) is 18.6 Å². The van der Waals surface area contributed by atoms with E-state index in [9.17, 15) is 4.79 Å². The van der Waals surface area contributed by atoms with E-state index in [2.05, 4.69) is 5.92 Å². The SMILES string of the molecule is C#CCC(N)C(=O)N1CCCOc2ccccc21. The van der Waals surface area contributed by atoms with Gasteiger partial charge in [0, 0.05) is 13.0 Å². The number of para-hydroxylation sites is 2. The molecule has 18 heavy (non-hydrogen) atoms. The Kier molecular flexibility index (Phi) is 3.85. The topological polar surface area (TPSA) is 55.6 Å². The molecule has 1 atom stereocenters. The number of anilines is 1. The van der Waals surface area contributed by atoms with Crippen LogP contribution in [0.2, 0.25) is 0 Å². The fourth-order valence-corrected chi connectivity index (χ4v) is 1.97. The van der Waals surface area contributed by atoms with Gasteiger partial charge in [0.15, 0.2) is 0 Å². The van der Waals surface area contributed by atoms with E-state index in [1.54, 1.807) is 4.90 Å². The van der Waals surface area contributed by atoms with Crippen LogP contribution in [0, 0.1) is 12.3 Å². The second-order valence-corrected chi connectivity index (χ2v) is 4.17. The molecule has 1 unspecified atom stereocenters. The summed E-state index contributed by atoms with van der Waals surface area (Å²) in [6.45, 7) is 1.21.